The molecule has 3 nitrogen and oxygen atoms in total. The number of hydrogen-bond donors (Lipinski definition) is 0. The summed E-state index contributed by atoms with van der Waals surface area (Å²) >= 11 is 5.71. The van der Waals surface area contributed by atoms with Crippen molar-refractivity contribution >= 4 is 17.6 Å². The molecule has 1 aliphatic rings. The summed E-state index contributed by atoms with van der Waals surface area (Å²) in [5.74, 6) is -0.512. The van der Waals surface area contributed by atoms with Gasteiger partial charge in [-0.15, -0.1) is 0 Å². The summed E-state index contributed by atoms with van der Waals surface area (Å²) in [6.07, 6.45) is 2.28. The van der Waals surface area contributed by atoms with Crippen LogP contribution in [0.15, 0.2) is 30.0 Å². The maximum atomic E-state index is 12.7. The van der Waals surface area contributed by atoms with Crippen molar-refractivity contribution < 1.29 is 18.3 Å². The van der Waals surface area contributed by atoms with Crippen LogP contribution in [0.2, 0.25) is 5.15 Å². The van der Waals surface area contributed by atoms with Crippen LogP contribution in [0.25, 0.3) is 0 Å². The molecule has 0 saturated carbocycles. The molecule has 0 aromatic carbocycles. The predicted molar refractivity (Wildman–Crippen MR) is 75.3 cm³/mol. The third kappa shape index (κ3) is 5.42. The number of nitrogens with zero attached hydrogens (tertiary/aromatic N) is 1. The Kier molecular flexibility index (Phi) is 5.67. The van der Waals surface area contributed by atoms with Crippen molar-refractivity contribution in [3.8, 4) is 0 Å². The summed E-state index contributed by atoms with van der Waals surface area (Å²) in [6, 6.07) is 3.46. The lowest BCUT2D eigenvalue weighted by molar-refractivity contribution is -0.134. The monoisotopic (exact) mass is 315 g/mol. The predicted octanol–water partition coefficient (Wildman–Crippen LogP) is 3.81. The maximum Gasteiger partial charge on any atom is 0.331 e. The summed E-state index contributed by atoms with van der Waals surface area (Å²) in [5, 5.41) is 0.385. The van der Waals surface area contributed by atoms with Crippen LogP contribution in [0.3, 0.4) is 0 Å². The fourth-order valence-corrected chi connectivity index (χ4v) is 2.48. The normalized spacial score (nSPS) is 16.0. The first-order chi connectivity index (χ1) is 10.0. The number of pyridine rings is 1. The SMILES string of the molecule is O=C1C=C(CCC(Cc2ccc(Cl)nc2)CC(F)F)CO1. The Morgan fingerprint density at radius 2 is 2.19 bits per heavy atom. The second kappa shape index (κ2) is 7.50. The van der Waals surface area contributed by atoms with Crippen LogP contribution in [0.1, 0.15) is 24.8 Å². The van der Waals surface area contributed by atoms with Gasteiger partial charge in [0, 0.05) is 18.7 Å². The second-order valence-corrected chi connectivity index (χ2v) is 5.52. The van der Waals surface area contributed by atoms with Gasteiger partial charge < -0.3 is 4.74 Å². The average Bonchev–Trinajstić information content (AvgIpc) is 2.84. The lowest BCUT2D eigenvalue weighted by Crippen LogP contribution is -2.10. The molecule has 0 bridgehead atoms. The number of esters is 1. The summed E-state index contributed by atoms with van der Waals surface area (Å²) in [7, 11) is 0. The van der Waals surface area contributed by atoms with Crippen molar-refractivity contribution in [3.05, 3.63) is 40.7 Å². The lowest BCUT2D eigenvalue weighted by atomic mass is 9.91. The van der Waals surface area contributed by atoms with Gasteiger partial charge in [-0.25, -0.2) is 18.6 Å². The Labute approximate surface area is 127 Å². The molecule has 6 heteroatoms. The van der Waals surface area contributed by atoms with E-state index in [1.807, 2.05) is 0 Å². The number of rotatable bonds is 7. The van der Waals surface area contributed by atoms with E-state index in [-0.39, 0.29) is 24.9 Å². The smallest absolute Gasteiger partial charge is 0.331 e. The number of halogens is 3. The highest BCUT2D eigenvalue weighted by Crippen LogP contribution is 2.24. The first-order valence-corrected chi connectivity index (χ1v) is 7.15. The molecule has 0 spiro atoms. The van der Waals surface area contributed by atoms with Crippen LogP contribution in [0, 0.1) is 5.92 Å². The van der Waals surface area contributed by atoms with Crippen LogP contribution in [-0.2, 0) is 16.0 Å². The topological polar surface area (TPSA) is 39.2 Å². The first-order valence-electron chi connectivity index (χ1n) is 6.77. The highest BCUT2D eigenvalue weighted by atomic mass is 35.5. The molecule has 1 unspecified atom stereocenters. The minimum atomic E-state index is -2.34. The molecule has 1 aromatic heterocycles. The molecule has 0 radical (unpaired) electrons. The zero-order valence-corrected chi connectivity index (χ0v) is 12.2. The van der Waals surface area contributed by atoms with E-state index >= 15 is 0 Å². The summed E-state index contributed by atoms with van der Waals surface area (Å²) in [6.45, 7) is 0.280. The third-order valence-corrected chi connectivity index (χ3v) is 3.64. The van der Waals surface area contributed by atoms with Crippen LogP contribution in [-0.4, -0.2) is 24.0 Å². The van der Waals surface area contributed by atoms with Gasteiger partial charge in [0.25, 0.3) is 0 Å². The number of alkyl halides is 2. The molecule has 0 fully saturated rings. The van der Waals surface area contributed by atoms with E-state index in [1.54, 1.807) is 18.3 Å². The number of ether oxygens (including phenoxy) is 1. The zero-order chi connectivity index (χ0) is 15.2. The van der Waals surface area contributed by atoms with Gasteiger partial charge in [0.2, 0.25) is 6.43 Å². The lowest BCUT2D eigenvalue weighted by Gasteiger charge is -2.16. The van der Waals surface area contributed by atoms with Crippen molar-refractivity contribution in [2.75, 3.05) is 6.61 Å². The number of hydrogen-bond acceptors (Lipinski definition) is 3. The van der Waals surface area contributed by atoms with E-state index < -0.39 is 6.43 Å². The Bertz CT molecular complexity index is 517. The molecule has 0 aliphatic carbocycles. The molecule has 1 aliphatic heterocycles. The Morgan fingerprint density at radius 3 is 2.76 bits per heavy atom. The van der Waals surface area contributed by atoms with E-state index in [0.717, 1.165) is 11.1 Å². The minimum Gasteiger partial charge on any atom is -0.458 e. The fourth-order valence-electron chi connectivity index (χ4n) is 2.36. The molecule has 114 valence electrons. The highest BCUT2D eigenvalue weighted by Gasteiger charge is 2.19. The summed E-state index contributed by atoms with van der Waals surface area (Å²) in [5.41, 5.74) is 1.76. The molecular weight excluding hydrogens is 300 g/mol. The number of carbonyl (C=O) groups is 1. The van der Waals surface area contributed by atoms with Gasteiger partial charge in [0.1, 0.15) is 11.8 Å². The Balaban J connectivity index is 1.92. The maximum absolute atomic E-state index is 12.7. The molecule has 1 aromatic rings. The van der Waals surface area contributed by atoms with Crippen molar-refractivity contribution in [3.63, 3.8) is 0 Å². The Hall–Kier alpha value is -1.49. The number of aromatic nitrogens is 1. The van der Waals surface area contributed by atoms with Crippen LogP contribution < -0.4 is 0 Å². The van der Waals surface area contributed by atoms with Gasteiger partial charge in [0.05, 0.1) is 0 Å². The van der Waals surface area contributed by atoms with Gasteiger partial charge in [-0.1, -0.05) is 17.7 Å². The van der Waals surface area contributed by atoms with Crippen molar-refractivity contribution in [1.29, 1.82) is 0 Å². The van der Waals surface area contributed by atoms with Crippen molar-refractivity contribution in [2.24, 2.45) is 5.92 Å². The van der Waals surface area contributed by atoms with Gasteiger partial charge in [0.15, 0.2) is 0 Å². The molecule has 1 atom stereocenters. The molecule has 0 amide bonds. The number of cyclic esters (lactones) is 1. The van der Waals surface area contributed by atoms with Gasteiger partial charge >= 0.3 is 5.97 Å². The fraction of sp³-hybridized carbons (Fsp3) is 0.467. The third-order valence-electron chi connectivity index (χ3n) is 3.42. The first kappa shape index (κ1) is 15.9. The van der Waals surface area contributed by atoms with Gasteiger partial charge in [-0.3, -0.25) is 0 Å². The van der Waals surface area contributed by atoms with Crippen LogP contribution in [0.4, 0.5) is 8.78 Å². The van der Waals surface area contributed by atoms with Gasteiger partial charge in [-0.05, 0) is 42.4 Å². The summed E-state index contributed by atoms with van der Waals surface area (Å²) < 4.78 is 30.2. The largest absolute Gasteiger partial charge is 0.458 e. The summed E-state index contributed by atoms with van der Waals surface area (Å²) in [4.78, 5) is 14.9. The van der Waals surface area contributed by atoms with Gasteiger partial charge in [-0.2, -0.15) is 0 Å². The van der Waals surface area contributed by atoms with Crippen LogP contribution in [0.5, 0.6) is 0 Å². The molecule has 2 heterocycles. The molecular formula is C15H16ClF2NO2. The van der Waals surface area contributed by atoms with E-state index in [9.17, 15) is 13.6 Å². The molecule has 0 N–H and O–H groups in total. The van der Waals surface area contributed by atoms with Crippen LogP contribution >= 0.6 is 11.6 Å². The minimum absolute atomic E-state index is 0.162. The second-order valence-electron chi connectivity index (χ2n) is 5.14. The Morgan fingerprint density at radius 1 is 1.38 bits per heavy atom. The zero-order valence-electron chi connectivity index (χ0n) is 11.4. The van der Waals surface area contributed by atoms with Crippen molar-refractivity contribution in [2.45, 2.75) is 32.1 Å². The average molecular weight is 316 g/mol. The quantitative estimate of drug-likeness (QED) is 0.567. The van der Waals surface area contributed by atoms with E-state index in [1.165, 1.54) is 6.08 Å². The van der Waals surface area contributed by atoms with E-state index in [4.69, 9.17) is 16.3 Å². The number of carbonyl (C=O) groups excluding carboxylic acids is 1. The standard InChI is InChI=1S/C15H16ClF2NO2/c16-13-4-3-11(8-19-13)5-10(6-14(17)18)1-2-12-7-15(20)21-9-12/h3-4,7-8,10,14H,1-2,5-6,9H2. The van der Waals surface area contributed by atoms with E-state index in [0.29, 0.717) is 24.4 Å². The highest BCUT2D eigenvalue weighted by molar-refractivity contribution is 6.29. The van der Waals surface area contributed by atoms with E-state index in [2.05, 4.69) is 4.98 Å². The molecule has 0 saturated heterocycles. The molecule has 21 heavy (non-hydrogen) atoms. The van der Waals surface area contributed by atoms with Crippen molar-refractivity contribution in [1.82, 2.24) is 4.98 Å². The molecule has 2 rings (SSSR count).